The Bertz CT molecular complexity index is 800. The minimum atomic E-state index is 0.609. The lowest BCUT2D eigenvalue weighted by Crippen LogP contribution is -2.48. The quantitative estimate of drug-likeness (QED) is 0.798. The third kappa shape index (κ3) is 4.24. The van der Waals surface area contributed by atoms with Crippen molar-refractivity contribution < 1.29 is 0 Å². The SMILES string of the molecule is CN1CCN(Nc2ncnc(N3CCN(c4cccc(Cl)c4)CC3)c2N)CC1. The standard InChI is InChI=1S/C19H27ClN8/c1-25-5-11-28(12-6-25)24-18-17(21)19(23-14-22-18)27-9-7-26(8-10-27)16-4-2-3-15(20)13-16/h2-4,13-14H,5-12,21H2,1H3,(H,22,23,24). The number of likely N-dealkylation sites (N-methyl/N-ethyl adjacent to an activating group) is 1. The third-order valence-electron chi connectivity index (χ3n) is 5.38. The minimum absolute atomic E-state index is 0.609. The zero-order valence-electron chi connectivity index (χ0n) is 16.2. The van der Waals surface area contributed by atoms with Gasteiger partial charge in [-0.3, -0.25) is 0 Å². The largest absolute Gasteiger partial charge is 0.393 e. The number of halogens is 1. The van der Waals surface area contributed by atoms with Crippen molar-refractivity contribution in [3.8, 4) is 0 Å². The first-order chi connectivity index (χ1) is 13.6. The minimum Gasteiger partial charge on any atom is -0.393 e. The van der Waals surface area contributed by atoms with Gasteiger partial charge in [0.05, 0.1) is 0 Å². The summed E-state index contributed by atoms with van der Waals surface area (Å²) in [7, 11) is 2.14. The first kappa shape index (κ1) is 19.0. The Morgan fingerprint density at radius 2 is 1.68 bits per heavy atom. The van der Waals surface area contributed by atoms with Crippen LogP contribution >= 0.6 is 11.6 Å². The lowest BCUT2D eigenvalue weighted by molar-refractivity contribution is 0.178. The first-order valence-corrected chi connectivity index (χ1v) is 10.0. The molecule has 2 saturated heterocycles. The van der Waals surface area contributed by atoms with E-state index < -0.39 is 0 Å². The molecule has 0 saturated carbocycles. The molecule has 8 nitrogen and oxygen atoms in total. The van der Waals surface area contributed by atoms with Crippen molar-refractivity contribution >= 4 is 34.6 Å². The van der Waals surface area contributed by atoms with Gasteiger partial charge in [-0.1, -0.05) is 17.7 Å². The normalized spacial score (nSPS) is 19.1. The van der Waals surface area contributed by atoms with Crippen molar-refractivity contribution in [1.29, 1.82) is 0 Å². The number of nitrogen functional groups attached to an aromatic ring is 1. The lowest BCUT2D eigenvalue weighted by atomic mass is 10.2. The number of aromatic nitrogens is 2. The van der Waals surface area contributed by atoms with E-state index >= 15 is 0 Å². The molecular formula is C19H27ClN8. The van der Waals surface area contributed by atoms with Gasteiger partial charge in [-0.15, -0.1) is 0 Å². The number of benzene rings is 1. The van der Waals surface area contributed by atoms with Gasteiger partial charge in [-0.05, 0) is 25.2 Å². The van der Waals surface area contributed by atoms with Crippen molar-refractivity contribution in [1.82, 2.24) is 19.9 Å². The van der Waals surface area contributed by atoms with E-state index in [1.807, 2.05) is 18.2 Å². The monoisotopic (exact) mass is 402 g/mol. The summed E-state index contributed by atoms with van der Waals surface area (Å²) in [5, 5.41) is 2.93. The van der Waals surface area contributed by atoms with E-state index in [0.29, 0.717) is 11.5 Å². The molecule has 2 aliphatic heterocycles. The molecule has 0 bridgehead atoms. The van der Waals surface area contributed by atoms with Gasteiger partial charge in [0.15, 0.2) is 11.6 Å². The van der Waals surface area contributed by atoms with Crippen molar-refractivity contribution in [2.24, 2.45) is 0 Å². The molecule has 28 heavy (non-hydrogen) atoms. The molecule has 150 valence electrons. The molecule has 2 aliphatic rings. The molecule has 0 atom stereocenters. The summed E-state index contributed by atoms with van der Waals surface area (Å²) in [6.07, 6.45) is 1.59. The van der Waals surface area contributed by atoms with Gasteiger partial charge in [0.2, 0.25) is 0 Å². The first-order valence-electron chi connectivity index (χ1n) is 9.66. The van der Waals surface area contributed by atoms with E-state index in [9.17, 15) is 0 Å². The van der Waals surface area contributed by atoms with E-state index in [1.165, 1.54) is 0 Å². The Kier molecular flexibility index (Phi) is 5.70. The van der Waals surface area contributed by atoms with E-state index in [2.05, 4.69) is 48.2 Å². The fraction of sp³-hybridized carbons (Fsp3) is 0.474. The lowest BCUT2D eigenvalue weighted by Gasteiger charge is -2.37. The van der Waals surface area contributed by atoms with Gasteiger partial charge in [-0.2, -0.15) is 0 Å². The average Bonchev–Trinajstić information content (AvgIpc) is 2.71. The molecule has 1 aromatic carbocycles. The molecule has 0 aliphatic carbocycles. The number of rotatable bonds is 4. The van der Waals surface area contributed by atoms with Gasteiger partial charge < -0.3 is 25.9 Å². The van der Waals surface area contributed by atoms with Gasteiger partial charge in [0, 0.05) is 63.1 Å². The Labute approximate surface area is 170 Å². The number of piperazine rings is 2. The predicted molar refractivity (Wildman–Crippen MR) is 115 cm³/mol. The maximum atomic E-state index is 6.43. The number of nitrogens with zero attached hydrogens (tertiary/aromatic N) is 6. The second-order valence-electron chi connectivity index (χ2n) is 7.32. The molecule has 2 fully saturated rings. The van der Waals surface area contributed by atoms with Crippen LogP contribution in [0.5, 0.6) is 0 Å². The van der Waals surface area contributed by atoms with Crippen LogP contribution in [0.25, 0.3) is 0 Å². The van der Waals surface area contributed by atoms with Crippen LogP contribution in [0.15, 0.2) is 30.6 Å². The van der Waals surface area contributed by atoms with Crippen LogP contribution in [0.3, 0.4) is 0 Å². The topological polar surface area (TPSA) is 76.8 Å². The molecule has 9 heteroatoms. The van der Waals surface area contributed by atoms with Crippen molar-refractivity contribution in [2.45, 2.75) is 0 Å². The molecule has 4 rings (SSSR count). The Morgan fingerprint density at radius 3 is 2.39 bits per heavy atom. The second-order valence-corrected chi connectivity index (χ2v) is 7.75. The summed E-state index contributed by atoms with van der Waals surface area (Å²) in [6, 6.07) is 7.99. The smallest absolute Gasteiger partial charge is 0.169 e. The van der Waals surface area contributed by atoms with Gasteiger partial charge in [-0.25, -0.2) is 15.0 Å². The van der Waals surface area contributed by atoms with Crippen LogP contribution in [0.2, 0.25) is 5.02 Å². The summed E-state index contributed by atoms with van der Waals surface area (Å²) >= 11 is 6.13. The summed E-state index contributed by atoms with van der Waals surface area (Å²) < 4.78 is 0. The van der Waals surface area contributed by atoms with Crippen LogP contribution in [0.1, 0.15) is 0 Å². The number of nitrogens with one attached hydrogen (secondary N) is 1. The zero-order valence-corrected chi connectivity index (χ0v) is 16.9. The van der Waals surface area contributed by atoms with Crippen LogP contribution in [-0.2, 0) is 0 Å². The van der Waals surface area contributed by atoms with E-state index in [1.54, 1.807) is 6.33 Å². The number of hydrazine groups is 1. The Balaban J connectivity index is 1.41. The molecule has 0 spiro atoms. The van der Waals surface area contributed by atoms with Gasteiger partial charge in [0.25, 0.3) is 0 Å². The molecule has 0 radical (unpaired) electrons. The molecular weight excluding hydrogens is 376 g/mol. The van der Waals surface area contributed by atoms with E-state index in [-0.39, 0.29) is 0 Å². The third-order valence-corrected chi connectivity index (χ3v) is 5.62. The number of hydrogen-bond acceptors (Lipinski definition) is 8. The Hall–Kier alpha value is -2.29. The molecule has 2 aromatic rings. The maximum Gasteiger partial charge on any atom is 0.169 e. The fourth-order valence-corrected chi connectivity index (χ4v) is 3.83. The molecule has 1 aromatic heterocycles. The molecule has 0 amide bonds. The maximum absolute atomic E-state index is 6.43. The molecule has 3 N–H and O–H groups in total. The van der Waals surface area contributed by atoms with E-state index in [0.717, 1.165) is 68.9 Å². The van der Waals surface area contributed by atoms with Crippen LogP contribution in [0, 0.1) is 0 Å². The summed E-state index contributed by atoms with van der Waals surface area (Å²) in [4.78, 5) is 15.7. The van der Waals surface area contributed by atoms with Crippen LogP contribution in [-0.4, -0.2) is 79.3 Å². The molecule has 0 unspecified atom stereocenters. The average molecular weight is 403 g/mol. The predicted octanol–water partition coefficient (Wildman–Crippen LogP) is 1.61. The van der Waals surface area contributed by atoms with Crippen LogP contribution < -0.4 is 21.0 Å². The number of nitrogens with two attached hydrogens (primary N) is 1. The van der Waals surface area contributed by atoms with Crippen molar-refractivity contribution in [3.63, 3.8) is 0 Å². The highest BCUT2D eigenvalue weighted by molar-refractivity contribution is 6.30. The highest BCUT2D eigenvalue weighted by atomic mass is 35.5. The Morgan fingerprint density at radius 1 is 0.964 bits per heavy atom. The van der Waals surface area contributed by atoms with Crippen molar-refractivity contribution in [3.05, 3.63) is 35.6 Å². The van der Waals surface area contributed by atoms with E-state index in [4.69, 9.17) is 17.3 Å². The number of hydrogen-bond donors (Lipinski definition) is 2. The second kappa shape index (κ2) is 8.38. The number of anilines is 4. The van der Waals surface area contributed by atoms with Gasteiger partial charge in [0.1, 0.15) is 12.0 Å². The summed E-state index contributed by atoms with van der Waals surface area (Å²) in [6.45, 7) is 7.41. The highest BCUT2D eigenvalue weighted by Crippen LogP contribution is 2.28. The highest BCUT2D eigenvalue weighted by Gasteiger charge is 2.23. The fourth-order valence-electron chi connectivity index (χ4n) is 3.64. The molecule has 3 heterocycles. The zero-order chi connectivity index (χ0) is 19.5. The summed E-state index contributed by atoms with van der Waals surface area (Å²) in [5.41, 5.74) is 11.6. The van der Waals surface area contributed by atoms with Gasteiger partial charge >= 0.3 is 0 Å². The summed E-state index contributed by atoms with van der Waals surface area (Å²) in [5.74, 6) is 1.49. The van der Waals surface area contributed by atoms with Crippen LogP contribution in [0.4, 0.5) is 23.0 Å². The van der Waals surface area contributed by atoms with Crippen molar-refractivity contribution in [2.75, 3.05) is 80.4 Å².